The van der Waals surface area contributed by atoms with Crippen LogP contribution >= 0.6 is 0 Å². The lowest BCUT2D eigenvalue weighted by Gasteiger charge is -2.21. The van der Waals surface area contributed by atoms with Crippen molar-refractivity contribution in [1.29, 1.82) is 0 Å². The molecule has 0 spiro atoms. The van der Waals surface area contributed by atoms with Crippen molar-refractivity contribution in [3.63, 3.8) is 0 Å². The Morgan fingerprint density at radius 2 is 2.00 bits per heavy atom. The summed E-state index contributed by atoms with van der Waals surface area (Å²) >= 11 is 0. The van der Waals surface area contributed by atoms with Gasteiger partial charge >= 0.3 is 5.97 Å². The molecule has 1 N–H and O–H groups in total. The van der Waals surface area contributed by atoms with Crippen LogP contribution in [0, 0.1) is 11.8 Å². The molecule has 0 aromatic rings. The first-order chi connectivity index (χ1) is 12.4. The second kappa shape index (κ2) is 12.3. The molecule has 1 rings (SSSR count). The Labute approximate surface area is 159 Å². The van der Waals surface area contributed by atoms with Crippen LogP contribution < -0.4 is 0 Å². The normalized spacial score (nSPS) is 22.7. The number of allylic oxidation sites excluding steroid dienone is 1. The van der Waals surface area contributed by atoms with Gasteiger partial charge in [0.15, 0.2) is 0 Å². The van der Waals surface area contributed by atoms with Crippen molar-refractivity contribution in [2.24, 2.45) is 11.8 Å². The molecule has 0 aliphatic heterocycles. The van der Waals surface area contributed by atoms with E-state index in [1.54, 1.807) is 0 Å². The van der Waals surface area contributed by atoms with E-state index < -0.39 is 5.60 Å². The molecule has 0 bridgehead atoms. The number of carbonyl (C=O) groups is 2. The lowest BCUT2D eigenvalue weighted by Crippen LogP contribution is -2.22. The van der Waals surface area contributed by atoms with E-state index in [2.05, 4.69) is 23.8 Å². The number of unbranched alkanes of at least 4 members (excludes halogenated alkanes) is 4. The number of Topliss-reactive ketones (excluding diaryl/α,β-unsaturated/α-hetero) is 1. The minimum atomic E-state index is -0.635. The summed E-state index contributed by atoms with van der Waals surface area (Å²) in [7, 11) is 1.42. The Kier molecular flexibility index (Phi) is 10.8. The molecule has 4 nitrogen and oxygen atoms in total. The third-order valence-electron chi connectivity index (χ3n) is 5.54. The van der Waals surface area contributed by atoms with E-state index in [1.807, 2.05) is 6.92 Å². The van der Waals surface area contributed by atoms with Crippen molar-refractivity contribution in [1.82, 2.24) is 0 Å². The SMILES string of the molecule is CCCC[C@](C)(O)C/C=C/[C@H]1CCC(=O)[C@@H]1CCCCCCC(=O)OC. The van der Waals surface area contributed by atoms with Gasteiger partial charge in [-0.25, -0.2) is 0 Å². The summed E-state index contributed by atoms with van der Waals surface area (Å²) in [4.78, 5) is 23.3. The summed E-state index contributed by atoms with van der Waals surface area (Å²) < 4.78 is 4.64. The molecule has 0 unspecified atom stereocenters. The van der Waals surface area contributed by atoms with E-state index in [1.165, 1.54) is 7.11 Å². The zero-order valence-corrected chi connectivity index (χ0v) is 17.0. The van der Waals surface area contributed by atoms with Crippen molar-refractivity contribution in [2.45, 2.75) is 96.5 Å². The highest BCUT2D eigenvalue weighted by Crippen LogP contribution is 2.34. The summed E-state index contributed by atoms with van der Waals surface area (Å²) in [5.74, 6) is 0.731. The van der Waals surface area contributed by atoms with Crippen molar-refractivity contribution in [3.05, 3.63) is 12.2 Å². The molecule has 26 heavy (non-hydrogen) atoms. The van der Waals surface area contributed by atoms with Crippen molar-refractivity contribution in [3.8, 4) is 0 Å². The highest BCUT2D eigenvalue weighted by atomic mass is 16.5. The summed E-state index contributed by atoms with van der Waals surface area (Å²) in [6, 6.07) is 0. The Hall–Kier alpha value is -1.16. The Bertz CT molecular complexity index is 453. The van der Waals surface area contributed by atoms with Gasteiger partial charge in [-0.3, -0.25) is 9.59 Å². The van der Waals surface area contributed by atoms with Crippen molar-refractivity contribution >= 4 is 11.8 Å². The molecule has 4 heteroatoms. The highest BCUT2D eigenvalue weighted by molar-refractivity contribution is 5.83. The van der Waals surface area contributed by atoms with Crippen molar-refractivity contribution < 1.29 is 19.4 Å². The second-order valence-electron chi connectivity index (χ2n) is 8.04. The van der Waals surface area contributed by atoms with Crippen LogP contribution in [0.15, 0.2) is 12.2 Å². The van der Waals surface area contributed by atoms with Crippen LogP contribution in [-0.2, 0) is 14.3 Å². The van der Waals surface area contributed by atoms with E-state index in [9.17, 15) is 14.7 Å². The van der Waals surface area contributed by atoms with Gasteiger partial charge in [-0.15, -0.1) is 0 Å². The first-order valence-corrected chi connectivity index (χ1v) is 10.4. The predicted octanol–water partition coefficient (Wildman–Crippen LogP) is 4.98. The highest BCUT2D eigenvalue weighted by Gasteiger charge is 2.32. The molecule has 1 saturated carbocycles. The maximum Gasteiger partial charge on any atom is 0.305 e. The quantitative estimate of drug-likeness (QED) is 0.283. The molecule has 150 valence electrons. The van der Waals surface area contributed by atoms with Gasteiger partial charge in [0.05, 0.1) is 12.7 Å². The molecular weight excluding hydrogens is 328 g/mol. The molecule has 0 radical (unpaired) electrons. The van der Waals surface area contributed by atoms with Crippen LogP contribution in [0.25, 0.3) is 0 Å². The van der Waals surface area contributed by atoms with E-state index in [0.717, 1.165) is 57.8 Å². The maximum absolute atomic E-state index is 12.2. The largest absolute Gasteiger partial charge is 0.469 e. The third kappa shape index (κ3) is 8.98. The summed E-state index contributed by atoms with van der Waals surface area (Å²) in [6.45, 7) is 4.04. The Morgan fingerprint density at radius 1 is 1.27 bits per heavy atom. The molecule has 0 amide bonds. The Balaban J connectivity index is 2.31. The average molecular weight is 367 g/mol. The van der Waals surface area contributed by atoms with E-state index in [4.69, 9.17) is 0 Å². The number of aliphatic hydroxyl groups is 1. The van der Waals surface area contributed by atoms with Crippen LogP contribution in [0.4, 0.5) is 0 Å². The Morgan fingerprint density at radius 3 is 2.69 bits per heavy atom. The van der Waals surface area contributed by atoms with Gasteiger partial charge < -0.3 is 9.84 Å². The van der Waals surface area contributed by atoms with Gasteiger partial charge in [-0.05, 0) is 44.9 Å². The molecule has 1 aliphatic rings. The minimum Gasteiger partial charge on any atom is -0.469 e. The number of methoxy groups -OCH3 is 1. The van der Waals surface area contributed by atoms with Crippen LogP contribution in [-0.4, -0.2) is 29.6 Å². The lowest BCUT2D eigenvalue weighted by molar-refractivity contribution is -0.140. The lowest BCUT2D eigenvalue weighted by atomic mass is 9.88. The van der Waals surface area contributed by atoms with Crippen LogP contribution in [0.5, 0.6) is 0 Å². The second-order valence-corrected chi connectivity index (χ2v) is 8.04. The fourth-order valence-corrected chi connectivity index (χ4v) is 3.79. The fourth-order valence-electron chi connectivity index (χ4n) is 3.79. The number of ketones is 1. The smallest absolute Gasteiger partial charge is 0.305 e. The van der Waals surface area contributed by atoms with Gasteiger partial charge in [0.2, 0.25) is 0 Å². The van der Waals surface area contributed by atoms with E-state index in [-0.39, 0.29) is 11.9 Å². The van der Waals surface area contributed by atoms with Gasteiger partial charge in [-0.1, -0.05) is 51.2 Å². The molecule has 0 saturated heterocycles. The number of hydrogen-bond acceptors (Lipinski definition) is 4. The summed E-state index contributed by atoms with van der Waals surface area (Å²) in [5.41, 5.74) is -0.635. The molecule has 0 aromatic carbocycles. The van der Waals surface area contributed by atoms with Crippen LogP contribution in [0.2, 0.25) is 0 Å². The van der Waals surface area contributed by atoms with Gasteiger partial charge in [0.25, 0.3) is 0 Å². The fraction of sp³-hybridized carbons (Fsp3) is 0.818. The summed E-state index contributed by atoms with van der Waals surface area (Å²) in [5, 5.41) is 10.4. The zero-order chi connectivity index (χ0) is 19.4. The van der Waals surface area contributed by atoms with Crippen LogP contribution in [0.3, 0.4) is 0 Å². The third-order valence-corrected chi connectivity index (χ3v) is 5.54. The number of esters is 1. The zero-order valence-electron chi connectivity index (χ0n) is 17.0. The first-order valence-electron chi connectivity index (χ1n) is 10.4. The summed E-state index contributed by atoms with van der Waals surface area (Å²) in [6.07, 6.45) is 14.9. The van der Waals surface area contributed by atoms with Gasteiger partial charge in [0.1, 0.15) is 5.78 Å². The molecule has 1 fully saturated rings. The standard InChI is InChI=1S/C22H38O4/c1-4-5-16-22(2,25)17-10-11-18-14-15-20(23)19(18)12-8-6-7-9-13-21(24)26-3/h10-11,18-19,25H,4-9,12-17H2,1-3H3/b11-10+/t18-,19+,22-/m0/s1. The molecular formula is C22H38O4. The minimum absolute atomic E-state index is 0.143. The maximum atomic E-state index is 12.2. The monoisotopic (exact) mass is 366 g/mol. The number of hydrogen-bond donors (Lipinski definition) is 1. The number of rotatable bonds is 13. The van der Waals surface area contributed by atoms with E-state index >= 15 is 0 Å². The molecule has 3 atom stereocenters. The van der Waals surface area contributed by atoms with Crippen LogP contribution in [0.1, 0.15) is 90.9 Å². The van der Waals surface area contributed by atoms with Crippen molar-refractivity contribution in [2.75, 3.05) is 7.11 Å². The van der Waals surface area contributed by atoms with Gasteiger partial charge in [-0.2, -0.15) is 0 Å². The van der Waals surface area contributed by atoms with E-state index in [0.29, 0.717) is 31.0 Å². The molecule has 0 heterocycles. The topological polar surface area (TPSA) is 63.6 Å². The first kappa shape index (κ1) is 22.9. The molecule has 0 aromatic heterocycles. The predicted molar refractivity (Wildman–Crippen MR) is 105 cm³/mol. The average Bonchev–Trinajstić information content (AvgIpc) is 2.96. The molecule has 1 aliphatic carbocycles. The number of carbonyl (C=O) groups excluding carboxylic acids is 2. The number of ether oxygens (including phenoxy) is 1. The van der Waals surface area contributed by atoms with Gasteiger partial charge in [0, 0.05) is 18.8 Å².